The van der Waals surface area contributed by atoms with E-state index in [0.717, 1.165) is 0 Å². The van der Waals surface area contributed by atoms with Gasteiger partial charge in [-0.1, -0.05) is 0 Å². The number of primary amides is 1. The average molecular weight is 152 g/mol. The molecule has 0 aliphatic rings. The SMILES string of the molecule is NC(=O)NCC(=O)O.OO. The van der Waals surface area contributed by atoms with Crippen LogP contribution in [-0.2, 0) is 4.79 Å². The lowest BCUT2D eigenvalue weighted by atomic mass is 10.7. The summed E-state index contributed by atoms with van der Waals surface area (Å²) in [6.45, 7) is -0.421. The van der Waals surface area contributed by atoms with Crippen LogP contribution in [0, 0.1) is 0 Å². The average Bonchev–Trinajstić information content (AvgIpc) is 1.89. The Hall–Kier alpha value is -1.34. The van der Waals surface area contributed by atoms with E-state index in [1.807, 2.05) is 5.32 Å². The molecule has 0 aliphatic carbocycles. The van der Waals surface area contributed by atoms with Gasteiger partial charge in [0.1, 0.15) is 6.54 Å². The normalized spacial score (nSPS) is 7.00. The number of carbonyl (C=O) groups excluding carboxylic acids is 1. The first kappa shape index (κ1) is 11.5. The molecule has 7 nitrogen and oxygen atoms in total. The number of nitrogens with two attached hydrogens (primary N) is 1. The molecule has 0 aromatic rings. The third-order valence-electron chi connectivity index (χ3n) is 0.414. The standard InChI is InChI=1S/C3H6N2O3.H2O2/c4-3(8)5-1-2(6)7;1-2/h1H2,(H,6,7)(H3,4,5,8);1-2H. The molecule has 0 rings (SSSR count). The van der Waals surface area contributed by atoms with Crippen LogP contribution in [0.15, 0.2) is 0 Å². The quantitative estimate of drug-likeness (QED) is 0.249. The van der Waals surface area contributed by atoms with Crippen LogP contribution in [0.3, 0.4) is 0 Å². The van der Waals surface area contributed by atoms with Gasteiger partial charge in [-0.25, -0.2) is 4.79 Å². The van der Waals surface area contributed by atoms with Crippen LogP contribution in [0.4, 0.5) is 4.79 Å². The molecule has 0 fully saturated rings. The Morgan fingerprint density at radius 2 is 1.80 bits per heavy atom. The van der Waals surface area contributed by atoms with Crippen LogP contribution in [0.1, 0.15) is 0 Å². The summed E-state index contributed by atoms with van der Waals surface area (Å²) in [7, 11) is 0. The maximum Gasteiger partial charge on any atom is 0.323 e. The molecule has 0 aromatic carbocycles. The molecule has 0 unspecified atom stereocenters. The predicted molar refractivity (Wildman–Crippen MR) is 30.5 cm³/mol. The third-order valence-corrected chi connectivity index (χ3v) is 0.414. The minimum Gasteiger partial charge on any atom is -0.480 e. The molecule has 10 heavy (non-hydrogen) atoms. The summed E-state index contributed by atoms with van der Waals surface area (Å²) in [5, 5.41) is 21.8. The number of nitrogens with one attached hydrogen (secondary N) is 1. The fourth-order valence-electron chi connectivity index (χ4n) is 0.163. The lowest BCUT2D eigenvalue weighted by molar-refractivity contribution is -0.176. The highest BCUT2D eigenvalue weighted by molar-refractivity contribution is 5.78. The minimum atomic E-state index is -1.11. The van der Waals surface area contributed by atoms with Gasteiger partial charge in [-0.3, -0.25) is 15.3 Å². The summed E-state index contributed by atoms with van der Waals surface area (Å²) in [4.78, 5) is 19.4. The van der Waals surface area contributed by atoms with E-state index in [1.54, 1.807) is 0 Å². The number of urea groups is 1. The fraction of sp³-hybridized carbons (Fsp3) is 0.333. The van der Waals surface area contributed by atoms with Crippen molar-refractivity contribution in [2.75, 3.05) is 6.54 Å². The highest BCUT2D eigenvalue weighted by Gasteiger charge is 1.95. The van der Waals surface area contributed by atoms with Crippen LogP contribution in [0.2, 0.25) is 0 Å². The van der Waals surface area contributed by atoms with Gasteiger partial charge in [0.05, 0.1) is 0 Å². The summed E-state index contributed by atoms with van der Waals surface area (Å²) in [5.74, 6) is -1.11. The number of hydrogen-bond donors (Lipinski definition) is 5. The van der Waals surface area contributed by atoms with E-state index in [1.165, 1.54) is 0 Å². The van der Waals surface area contributed by atoms with Gasteiger partial charge in [0, 0.05) is 0 Å². The first-order valence-electron chi connectivity index (χ1n) is 2.08. The zero-order chi connectivity index (χ0) is 8.57. The minimum absolute atomic E-state index is 0.421. The van der Waals surface area contributed by atoms with Crippen LogP contribution < -0.4 is 11.1 Å². The van der Waals surface area contributed by atoms with E-state index < -0.39 is 18.5 Å². The smallest absolute Gasteiger partial charge is 0.323 e. The monoisotopic (exact) mass is 152 g/mol. The van der Waals surface area contributed by atoms with Gasteiger partial charge in [-0.2, -0.15) is 0 Å². The van der Waals surface area contributed by atoms with E-state index in [9.17, 15) is 9.59 Å². The third kappa shape index (κ3) is 15.9. The number of aliphatic carboxylic acids is 1. The molecule has 0 bridgehead atoms. The molecule has 0 aliphatic heterocycles. The van der Waals surface area contributed by atoms with Crippen LogP contribution in [0.25, 0.3) is 0 Å². The fourth-order valence-corrected chi connectivity index (χ4v) is 0.163. The van der Waals surface area contributed by atoms with Crippen molar-refractivity contribution in [1.29, 1.82) is 0 Å². The van der Waals surface area contributed by atoms with Crippen molar-refractivity contribution in [3.8, 4) is 0 Å². The highest BCUT2D eigenvalue weighted by Crippen LogP contribution is 1.57. The molecule has 0 heterocycles. The number of carbonyl (C=O) groups is 2. The Labute approximate surface area is 56.0 Å². The second kappa shape index (κ2) is 7.66. The molecule has 2 amide bonds. The zero-order valence-electron chi connectivity index (χ0n) is 4.94. The van der Waals surface area contributed by atoms with Crippen molar-refractivity contribution in [2.24, 2.45) is 5.73 Å². The van der Waals surface area contributed by atoms with Crippen molar-refractivity contribution in [1.82, 2.24) is 5.32 Å². The molecular formula is C3H8N2O5. The lowest BCUT2D eigenvalue weighted by Gasteiger charge is -1.92. The van der Waals surface area contributed by atoms with Gasteiger partial charge in [0.15, 0.2) is 0 Å². The molecule has 0 atom stereocenters. The molecule has 60 valence electrons. The van der Waals surface area contributed by atoms with E-state index >= 15 is 0 Å². The molecule has 0 saturated carbocycles. The molecule has 0 radical (unpaired) electrons. The topological polar surface area (TPSA) is 133 Å². The van der Waals surface area contributed by atoms with Crippen molar-refractivity contribution < 1.29 is 25.2 Å². The van der Waals surface area contributed by atoms with Gasteiger partial charge in [0.25, 0.3) is 0 Å². The molecular weight excluding hydrogens is 144 g/mol. The summed E-state index contributed by atoms with van der Waals surface area (Å²) < 4.78 is 0. The van der Waals surface area contributed by atoms with Gasteiger partial charge >= 0.3 is 12.0 Å². The molecule has 6 N–H and O–H groups in total. The number of rotatable bonds is 2. The van der Waals surface area contributed by atoms with Gasteiger partial charge < -0.3 is 16.2 Å². The van der Waals surface area contributed by atoms with Gasteiger partial charge in [-0.05, 0) is 0 Å². The van der Waals surface area contributed by atoms with E-state index in [4.69, 9.17) is 15.6 Å². The molecule has 7 heteroatoms. The first-order chi connectivity index (χ1) is 4.63. The Balaban J connectivity index is 0. The first-order valence-corrected chi connectivity index (χ1v) is 2.08. The molecule has 0 spiro atoms. The van der Waals surface area contributed by atoms with E-state index in [0.29, 0.717) is 0 Å². The highest BCUT2D eigenvalue weighted by atomic mass is 17.0. The second-order valence-electron chi connectivity index (χ2n) is 1.11. The predicted octanol–water partition coefficient (Wildman–Crippen LogP) is -1.24. The van der Waals surface area contributed by atoms with Gasteiger partial charge in [0.2, 0.25) is 0 Å². The number of amides is 2. The zero-order valence-corrected chi connectivity index (χ0v) is 4.94. The van der Waals surface area contributed by atoms with Gasteiger partial charge in [-0.15, -0.1) is 0 Å². The van der Waals surface area contributed by atoms with Crippen molar-refractivity contribution in [3.05, 3.63) is 0 Å². The Morgan fingerprint density at radius 3 is 1.90 bits per heavy atom. The maximum absolute atomic E-state index is 9.75. The summed E-state index contributed by atoms with van der Waals surface area (Å²) in [6, 6.07) is -0.826. The van der Waals surface area contributed by atoms with Crippen molar-refractivity contribution in [3.63, 3.8) is 0 Å². The Kier molecular flexibility index (Phi) is 8.78. The molecule has 0 saturated heterocycles. The Bertz CT molecular complexity index is 99.5. The lowest BCUT2D eigenvalue weighted by Crippen LogP contribution is -2.33. The van der Waals surface area contributed by atoms with Crippen molar-refractivity contribution in [2.45, 2.75) is 0 Å². The summed E-state index contributed by atoms with van der Waals surface area (Å²) in [6.07, 6.45) is 0. The number of hydrogen-bond acceptors (Lipinski definition) is 4. The molecule has 0 aromatic heterocycles. The number of carboxylic acids is 1. The van der Waals surface area contributed by atoms with E-state index in [2.05, 4.69) is 5.73 Å². The second-order valence-corrected chi connectivity index (χ2v) is 1.11. The van der Waals surface area contributed by atoms with Crippen molar-refractivity contribution >= 4 is 12.0 Å². The Morgan fingerprint density at radius 1 is 1.40 bits per heavy atom. The van der Waals surface area contributed by atoms with Crippen LogP contribution >= 0.6 is 0 Å². The maximum atomic E-state index is 9.75. The van der Waals surface area contributed by atoms with Crippen LogP contribution in [0.5, 0.6) is 0 Å². The largest absolute Gasteiger partial charge is 0.480 e. The summed E-state index contributed by atoms with van der Waals surface area (Å²) >= 11 is 0. The van der Waals surface area contributed by atoms with E-state index in [-0.39, 0.29) is 0 Å². The van der Waals surface area contributed by atoms with Crippen LogP contribution in [-0.4, -0.2) is 34.2 Å². The summed E-state index contributed by atoms with van der Waals surface area (Å²) in [5.41, 5.74) is 4.53. The number of carboxylic acid groups (broad SMARTS) is 1.